The van der Waals surface area contributed by atoms with Gasteiger partial charge >= 0.3 is 0 Å². The molecule has 0 bridgehead atoms. The molecule has 0 atom stereocenters. The second-order valence-corrected chi connectivity index (χ2v) is 17.2. The van der Waals surface area contributed by atoms with Gasteiger partial charge in [0.25, 0.3) is 0 Å². The molecule has 11 rings (SSSR count). The lowest BCUT2D eigenvalue weighted by Crippen LogP contribution is -2.33. The fraction of sp³-hybridized carbons (Fsp3) is 0.151. The SMILES string of the molecule is CC1(C)CCC(C)(C)c2cc3c(cc21)c1cc2ccccc2cc1n3-c1ccc(-c2nc(-c3ccccc3)nc(-c3ccc4ccc5ccccc5c4c3)n2)cc1. The van der Waals surface area contributed by atoms with E-state index in [1.165, 1.54) is 78.1 Å². The Morgan fingerprint density at radius 1 is 0.386 bits per heavy atom. The minimum Gasteiger partial charge on any atom is -0.309 e. The summed E-state index contributed by atoms with van der Waals surface area (Å²) in [4.78, 5) is 15.3. The van der Waals surface area contributed by atoms with Crippen LogP contribution < -0.4 is 0 Å². The summed E-state index contributed by atoms with van der Waals surface area (Å²) < 4.78 is 2.46. The fourth-order valence-corrected chi connectivity index (χ4v) is 9.29. The molecule has 0 aliphatic heterocycles. The van der Waals surface area contributed by atoms with E-state index >= 15 is 0 Å². The molecule has 0 amide bonds. The highest BCUT2D eigenvalue weighted by atomic mass is 15.0. The maximum absolute atomic E-state index is 5.16. The molecule has 4 nitrogen and oxygen atoms in total. The van der Waals surface area contributed by atoms with Crippen molar-refractivity contribution in [2.45, 2.75) is 51.4 Å². The Labute approximate surface area is 332 Å². The van der Waals surface area contributed by atoms with Crippen molar-refractivity contribution in [1.82, 2.24) is 19.5 Å². The number of nitrogens with zero attached hydrogens (tertiary/aromatic N) is 4. The molecular weight excluding hydrogens is 693 g/mol. The first-order valence-electron chi connectivity index (χ1n) is 20.1. The quantitative estimate of drug-likeness (QED) is 0.169. The van der Waals surface area contributed by atoms with Gasteiger partial charge in [-0.25, -0.2) is 15.0 Å². The molecule has 274 valence electrons. The maximum atomic E-state index is 5.16. The predicted molar refractivity (Wildman–Crippen MR) is 238 cm³/mol. The summed E-state index contributed by atoms with van der Waals surface area (Å²) in [6.07, 6.45) is 2.36. The van der Waals surface area contributed by atoms with Crippen molar-refractivity contribution in [2.24, 2.45) is 0 Å². The fourth-order valence-electron chi connectivity index (χ4n) is 9.29. The molecule has 0 spiro atoms. The molecule has 1 aliphatic rings. The second-order valence-electron chi connectivity index (χ2n) is 17.2. The molecule has 57 heavy (non-hydrogen) atoms. The van der Waals surface area contributed by atoms with Gasteiger partial charge in [0.1, 0.15) is 0 Å². The average Bonchev–Trinajstić information content (AvgIpc) is 3.56. The van der Waals surface area contributed by atoms with Gasteiger partial charge in [-0.2, -0.15) is 0 Å². The van der Waals surface area contributed by atoms with Crippen molar-refractivity contribution in [2.75, 3.05) is 0 Å². The van der Waals surface area contributed by atoms with Crippen LogP contribution in [0, 0.1) is 0 Å². The summed E-state index contributed by atoms with van der Waals surface area (Å²) >= 11 is 0. The van der Waals surface area contributed by atoms with E-state index in [4.69, 9.17) is 15.0 Å². The van der Waals surface area contributed by atoms with Gasteiger partial charge in [0, 0.05) is 33.2 Å². The van der Waals surface area contributed by atoms with Gasteiger partial charge in [0.15, 0.2) is 17.5 Å². The molecule has 4 heteroatoms. The summed E-state index contributed by atoms with van der Waals surface area (Å²) in [6.45, 7) is 9.65. The maximum Gasteiger partial charge on any atom is 0.164 e. The van der Waals surface area contributed by atoms with Crippen molar-refractivity contribution >= 4 is 54.1 Å². The molecule has 10 aromatic rings. The molecule has 0 N–H and O–H groups in total. The molecular formula is C53H42N4. The van der Waals surface area contributed by atoms with E-state index in [0.717, 1.165) is 22.4 Å². The van der Waals surface area contributed by atoms with Gasteiger partial charge in [-0.05, 0) is 122 Å². The highest BCUT2D eigenvalue weighted by molar-refractivity contribution is 6.14. The topological polar surface area (TPSA) is 43.6 Å². The first-order chi connectivity index (χ1) is 27.7. The average molecular weight is 735 g/mol. The van der Waals surface area contributed by atoms with Crippen LogP contribution in [-0.2, 0) is 10.8 Å². The van der Waals surface area contributed by atoms with E-state index in [1.807, 2.05) is 18.2 Å². The van der Waals surface area contributed by atoms with E-state index in [9.17, 15) is 0 Å². The monoisotopic (exact) mass is 734 g/mol. The summed E-state index contributed by atoms with van der Waals surface area (Å²) in [5.41, 5.74) is 9.59. The largest absolute Gasteiger partial charge is 0.309 e. The smallest absolute Gasteiger partial charge is 0.164 e. The number of aromatic nitrogens is 4. The molecule has 1 aliphatic carbocycles. The van der Waals surface area contributed by atoms with Crippen molar-refractivity contribution < 1.29 is 0 Å². The summed E-state index contributed by atoms with van der Waals surface area (Å²) in [7, 11) is 0. The van der Waals surface area contributed by atoms with E-state index in [-0.39, 0.29) is 10.8 Å². The van der Waals surface area contributed by atoms with Crippen LogP contribution in [0.15, 0.2) is 158 Å². The lowest BCUT2D eigenvalue weighted by Gasteiger charge is -2.42. The number of hydrogen-bond acceptors (Lipinski definition) is 3. The van der Waals surface area contributed by atoms with Crippen LogP contribution >= 0.6 is 0 Å². The zero-order valence-electron chi connectivity index (χ0n) is 32.7. The third-order valence-corrected chi connectivity index (χ3v) is 12.7. The van der Waals surface area contributed by atoms with E-state index in [2.05, 4.69) is 172 Å². The summed E-state index contributed by atoms with van der Waals surface area (Å²) in [5, 5.41) is 9.90. The Balaban J connectivity index is 1.09. The Bertz CT molecular complexity index is 3230. The van der Waals surface area contributed by atoms with Crippen molar-refractivity contribution in [1.29, 1.82) is 0 Å². The Morgan fingerprint density at radius 2 is 0.877 bits per heavy atom. The number of rotatable bonds is 4. The summed E-state index contributed by atoms with van der Waals surface area (Å²) in [5.74, 6) is 1.96. The van der Waals surface area contributed by atoms with Crippen LogP contribution in [0.3, 0.4) is 0 Å². The Hall–Kier alpha value is -6.65. The number of fused-ring (bicyclic) bond motifs is 8. The van der Waals surface area contributed by atoms with E-state index in [0.29, 0.717) is 17.5 Å². The van der Waals surface area contributed by atoms with Crippen molar-refractivity contribution in [3.05, 3.63) is 169 Å². The standard InChI is InChI=1S/C53H42N4/c1-52(2)26-27-53(3,4)46-32-48-44(31-45(46)52)43-28-37-15-8-9-16-38(37)30-47(43)57(48)40-24-22-36(23-25-40)50-54-49(35-13-6-5-7-14-35)55-51(56-50)39-21-20-34-19-18-33-12-10-11-17-41(33)42(34)29-39/h5-25,28-32H,26-27H2,1-4H3. The minimum absolute atomic E-state index is 0.0971. The molecule has 8 aromatic carbocycles. The van der Waals surface area contributed by atoms with Crippen LogP contribution in [0.2, 0.25) is 0 Å². The molecule has 2 aromatic heterocycles. The molecule has 0 saturated heterocycles. The minimum atomic E-state index is 0.0971. The molecule has 2 heterocycles. The number of hydrogen-bond donors (Lipinski definition) is 0. The van der Waals surface area contributed by atoms with Gasteiger partial charge in [-0.3, -0.25) is 0 Å². The van der Waals surface area contributed by atoms with E-state index in [1.54, 1.807) is 0 Å². The van der Waals surface area contributed by atoms with Crippen molar-refractivity contribution in [3.63, 3.8) is 0 Å². The zero-order chi connectivity index (χ0) is 38.5. The molecule has 0 unspecified atom stereocenters. The highest BCUT2D eigenvalue weighted by Gasteiger charge is 2.38. The van der Waals surface area contributed by atoms with E-state index < -0.39 is 0 Å². The van der Waals surface area contributed by atoms with Crippen LogP contribution in [0.1, 0.15) is 51.7 Å². The van der Waals surface area contributed by atoms with Gasteiger partial charge in [-0.15, -0.1) is 0 Å². The highest BCUT2D eigenvalue weighted by Crippen LogP contribution is 2.49. The normalized spacial score (nSPS) is 14.8. The van der Waals surface area contributed by atoms with Gasteiger partial charge < -0.3 is 4.57 Å². The third-order valence-electron chi connectivity index (χ3n) is 12.7. The predicted octanol–water partition coefficient (Wildman–Crippen LogP) is 13.8. The Morgan fingerprint density at radius 3 is 1.58 bits per heavy atom. The van der Waals surface area contributed by atoms with Gasteiger partial charge in [0.2, 0.25) is 0 Å². The molecule has 0 saturated carbocycles. The number of benzene rings is 8. The summed E-state index contributed by atoms with van der Waals surface area (Å²) in [6, 6.07) is 56.9. The first-order valence-corrected chi connectivity index (χ1v) is 20.1. The van der Waals surface area contributed by atoms with Crippen LogP contribution in [-0.4, -0.2) is 19.5 Å². The zero-order valence-corrected chi connectivity index (χ0v) is 32.7. The van der Waals surface area contributed by atoms with Gasteiger partial charge in [0.05, 0.1) is 11.0 Å². The Kier molecular flexibility index (Phi) is 7.34. The lowest BCUT2D eigenvalue weighted by molar-refractivity contribution is 0.332. The molecule has 0 fully saturated rings. The van der Waals surface area contributed by atoms with Crippen LogP contribution in [0.5, 0.6) is 0 Å². The van der Waals surface area contributed by atoms with Crippen LogP contribution in [0.25, 0.3) is 94.0 Å². The van der Waals surface area contributed by atoms with Crippen molar-refractivity contribution in [3.8, 4) is 39.9 Å². The third kappa shape index (κ3) is 5.46. The molecule has 0 radical (unpaired) electrons. The first kappa shape index (κ1) is 33.7. The van der Waals surface area contributed by atoms with Gasteiger partial charge in [-0.1, -0.05) is 131 Å². The lowest BCUT2D eigenvalue weighted by atomic mass is 9.63. The second kappa shape index (κ2) is 12.4. The van der Waals surface area contributed by atoms with Crippen LogP contribution in [0.4, 0.5) is 0 Å².